The molecule has 100 valence electrons. The molecule has 1 aromatic rings. The Morgan fingerprint density at radius 2 is 2.06 bits per heavy atom. The maximum absolute atomic E-state index is 10.6. The minimum atomic E-state index is -0.916. The lowest BCUT2D eigenvalue weighted by Crippen LogP contribution is -2.32. The molecule has 0 bridgehead atoms. The van der Waals surface area contributed by atoms with Gasteiger partial charge in [0.15, 0.2) is 0 Å². The van der Waals surface area contributed by atoms with Gasteiger partial charge < -0.3 is 10.8 Å². The normalized spacial score (nSPS) is 12.6. The molecule has 1 atom stereocenters. The molecule has 4 nitrogen and oxygen atoms in total. The quantitative estimate of drug-likeness (QED) is 0.737. The average molecular weight is 250 g/mol. The van der Waals surface area contributed by atoms with Crippen LogP contribution in [0, 0.1) is 0 Å². The smallest absolute Gasteiger partial charge is 0.320 e. The summed E-state index contributed by atoms with van der Waals surface area (Å²) in [6.07, 6.45) is 1.34. The number of rotatable bonds is 8. The van der Waals surface area contributed by atoms with E-state index in [1.807, 2.05) is 18.2 Å². The first-order valence-corrected chi connectivity index (χ1v) is 6.38. The van der Waals surface area contributed by atoms with Crippen molar-refractivity contribution in [2.75, 3.05) is 13.1 Å². The molecule has 0 saturated carbocycles. The second-order valence-corrected chi connectivity index (χ2v) is 4.44. The van der Waals surface area contributed by atoms with Crippen LogP contribution in [-0.2, 0) is 11.3 Å². The van der Waals surface area contributed by atoms with Gasteiger partial charge in [0.2, 0.25) is 0 Å². The molecule has 0 amide bonds. The number of nitrogens with two attached hydrogens (primary N) is 1. The second kappa shape index (κ2) is 7.84. The number of hydrogen-bond donors (Lipinski definition) is 2. The van der Waals surface area contributed by atoms with Crippen molar-refractivity contribution in [3.63, 3.8) is 0 Å². The van der Waals surface area contributed by atoms with Gasteiger partial charge in [0.1, 0.15) is 6.04 Å². The maximum atomic E-state index is 10.6. The van der Waals surface area contributed by atoms with Gasteiger partial charge >= 0.3 is 5.97 Å². The highest BCUT2D eigenvalue weighted by molar-refractivity contribution is 5.72. The van der Waals surface area contributed by atoms with E-state index >= 15 is 0 Å². The molecule has 3 N–H and O–H groups in total. The molecule has 0 saturated heterocycles. The average Bonchev–Trinajstić information content (AvgIpc) is 2.38. The van der Waals surface area contributed by atoms with Crippen LogP contribution in [0.5, 0.6) is 0 Å². The molecule has 0 radical (unpaired) electrons. The second-order valence-electron chi connectivity index (χ2n) is 4.44. The first-order chi connectivity index (χ1) is 8.63. The third kappa shape index (κ3) is 5.29. The van der Waals surface area contributed by atoms with E-state index in [2.05, 4.69) is 24.0 Å². The first kappa shape index (κ1) is 14.7. The number of carbonyl (C=O) groups is 1. The minimum absolute atomic E-state index is 0.528. The predicted octanol–water partition coefficient (Wildman–Crippen LogP) is 1.70. The zero-order chi connectivity index (χ0) is 13.4. The monoisotopic (exact) mass is 250 g/mol. The topological polar surface area (TPSA) is 66.6 Å². The van der Waals surface area contributed by atoms with Crippen molar-refractivity contribution in [2.45, 2.75) is 32.4 Å². The van der Waals surface area contributed by atoms with E-state index in [9.17, 15) is 4.79 Å². The predicted molar refractivity (Wildman–Crippen MR) is 72.2 cm³/mol. The van der Waals surface area contributed by atoms with Crippen LogP contribution < -0.4 is 5.73 Å². The van der Waals surface area contributed by atoms with Crippen molar-refractivity contribution in [1.82, 2.24) is 4.90 Å². The fourth-order valence-corrected chi connectivity index (χ4v) is 1.85. The highest BCUT2D eigenvalue weighted by Crippen LogP contribution is 2.06. The van der Waals surface area contributed by atoms with Gasteiger partial charge in [-0.25, -0.2) is 0 Å². The molecular formula is C14H22N2O2. The lowest BCUT2D eigenvalue weighted by molar-refractivity contribution is -0.138. The van der Waals surface area contributed by atoms with Gasteiger partial charge in [-0.15, -0.1) is 0 Å². The van der Waals surface area contributed by atoms with Crippen molar-refractivity contribution in [2.24, 2.45) is 5.73 Å². The minimum Gasteiger partial charge on any atom is -0.480 e. The highest BCUT2D eigenvalue weighted by Gasteiger charge is 2.11. The van der Waals surface area contributed by atoms with Crippen LogP contribution in [0.2, 0.25) is 0 Å². The number of hydrogen-bond acceptors (Lipinski definition) is 3. The molecule has 0 spiro atoms. The van der Waals surface area contributed by atoms with E-state index in [1.165, 1.54) is 5.56 Å². The number of carboxylic acid groups (broad SMARTS) is 1. The van der Waals surface area contributed by atoms with Crippen molar-refractivity contribution in [3.8, 4) is 0 Å². The van der Waals surface area contributed by atoms with Gasteiger partial charge in [-0.3, -0.25) is 9.69 Å². The molecule has 0 aliphatic heterocycles. The summed E-state index contributed by atoms with van der Waals surface area (Å²) in [6, 6.07) is 9.54. The summed E-state index contributed by atoms with van der Waals surface area (Å²) >= 11 is 0. The summed E-state index contributed by atoms with van der Waals surface area (Å²) in [5.74, 6) is -0.916. The molecular weight excluding hydrogens is 228 g/mol. The van der Waals surface area contributed by atoms with E-state index in [0.29, 0.717) is 6.42 Å². The Kier molecular flexibility index (Phi) is 6.39. The van der Waals surface area contributed by atoms with Gasteiger partial charge in [0, 0.05) is 6.54 Å². The standard InChI is InChI=1S/C14H22N2O2/c1-2-16(10-6-9-13(15)14(17)18)11-12-7-4-3-5-8-12/h3-5,7-8,13H,2,6,9-11,15H2,1H3,(H,17,18)/t13-/m1/s1. The number of nitrogens with zero attached hydrogens (tertiary/aromatic N) is 1. The van der Waals surface area contributed by atoms with Gasteiger partial charge in [-0.1, -0.05) is 37.3 Å². The van der Waals surface area contributed by atoms with Crippen LogP contribution in [-0.4, -0.2) is 35.1 Å². The van der Waals surface area contributed by atoms with E-state index in [4.69, 9.17) is 10.8 Å². The first-order valence-electron chi connectivity index (χ1n) is 6.38. The molecule has 0 unspecified atom stereocenters. The van der Waals surface area contributed by atoms with E-state index in [0.717, 1.165) is 26.1 Å². The Morgan fingerprint density at radius 3 is 2.61 bits per heavy atom. The molecule has 0 fully saturated rings. The Balaban J connectivity index is 2.32. The van der Waals surface area contributed by atoms with Crippen molar-refractivity contribution in [1.29, 1.82) is 0 Å². The molecule has 0 heterocycles. The summed E-state index contributed by atoms with van der Waals surface area (Å²) in [5, 5.41) is 8.70. The molecule has 18 heavy (non-hydrogen) atoms. The summed E-state index contributed by atoms with van der Waals surface area (Å²) in [7, 11) is 0. The number of carboxylic acids is 1. The maximum Gasteiger partial charge on any atom is 0.320 e. The van der Waals surface area contributed by atoms with Gasteiger partial charge in [-0.05, 0) is 31.5 Å². The van der Waals surface area contributed by atoms with Crippen LogP contribution in [0.4, 0.5) is 0 Å². The van der Waals surface area contributed by atoms with Gasteiger partial charge in [0.25, 0.3) is 0 Å². The van der Waals surface area contributed by atoms with Crippen molar-refractivity contribution < 1.29 is 9.90 Å². The zero-order valence-corrected chi connectivity index (χ0v) is 10.9. The number of aliphatic carboxylic acids is 1. The highest BCUT2D eigenvalue weighted by atomic mass is 16.4. The van der Waals surface area contributed by atoms with Crippen LogP contribution in [0.3, 0.4) is 0 Å². The molecule has 4 heteroatoms. The van der Waals surface area contributed by atoms with E-state index < -0.39 is 12.0 Å². The fourth-order valence-electron chi connectivity index (χ4n) is 1.85. The van der Waals surface area contributed by atoms with Crippen molar-refractivity contribution in [3.05, 3.63) is 35.9 Å². The Bertz CT molecular complexity index is 354. The SMILES string of the molecule is CCN(CCC[C@@H](N)C(=O)O)Cc1ccccc1. The zero-order valence-electron chi connectivity index (χ0n) is 10.9. The van der Waals surface area contributed by atoms with Gasteiger partial charge in [-0.2, -0.15) is 0 Å². The summed E-state index contributed by atoms with van der Waals surface area (Å²) in [4.78, 5) is 12.9. The molecule has 0 aromatic heterocycles. The third-order valence-corrected chi connectivity index (χ3v) is 3.00. The van der Waals surface area contributed by atoms with Crippen LogP contribution in [0.1, 0.15) is 25.3 Å². The Hall–Kier alpha value is -1.39. The van der Waals surface area contributed by atoms with Crippen LogP contribution in [0.25, 0.3) is 0 Å². The lowest BCUT2D eigenvalue weighted by Gasteiger charge is -2.20. The molecule has 1 rings (SSSR count). The van der Waals surface area contributed by atoms with Crippen molar-refractivity contribution >= 4 is 5.97 Å². The van der Waals surface area contributed by atoms with E-state index in [-0.39, 0.29) is 0 Å². The summed E-state index contributed by atoms with van der Waals surface area (Å²) in [6.45, 7) is 4.85. The van der Waals surface area contributed by atoms with E-state index in [1.54, 1.807) is 0 Å². The molecule has 1 aromatic carbocycles. The van der Waals surface area contributed by atoms with Crippen LogP contribution >= 0.6 is 0 Å². The number of benzene rings is 1. The van der Waals surface area contributed by atoms with Crippen LogP contribution in [0.15, 0.2) is 30.3 Å². The third-order valence-electron chi connectivity index (χ3n) is 3.00. The fraction of sp³-hybridized carbons (Fsp3) is 0.500. The summed E-state index contributed by atoms with van der Waals surface area (Å²) in [5.41, 5.74) is 6.76. The largest absolute Gasteiger partial charge is 0.480 e. The lowest BCUT2D eigenvalue weighted by atomic mass is 10.1. The Labute approximate surface area is 108 Å². The molecule has 0 aliphatic carbocycles. The van der Waals surface area contributed by atoms with Gasteiger partial charge in [0.05, 0.1) is 0 Å². The summed E-state index contributed by atoms with van der Waals surface area (Å²) < 4.78 is 0. The Morgan fingerprint density at radius 1 is 1.39 bits per heavy atom. The molecule has 0 aliphatic rings.